The standard InChI is InChI=1S/C18H20ClNO6S/c1-18(2,3)26-14(21)9-20-16(22)13(27-17(20)23)8-10-6-11(19)15(25-5)12(7-10)24-4/h6-8H,9H2,1-5H3/b13-8-. The average molecular weight is 414 g/mol. The predicted octanol–water partition coefficient (Wildman–Crippen LogP) is 3.74. The summed E-state index contributed by atoms with van der Waals surface area (Å²) in [5.41, 5.74) is -0.147. The van der Waals surface area contributed by atoms with Crippen molar-refractivity contribution in [1.29, 1.82) is 0 Å². The van der Waals surface area contributed by atoms with Gasteiger partial charge in [-0.15, -0.1) is 0 Å². The van der Waals surface area contributed by atoms with E-state index in [2.05, 4.69) is 0 Å². The number of hydrogen-bond acceptors (Lipinski definition) is 7. The lowest BCUT2D eigenvalue weighted by Crippen LogP contribution is -2.37. The molecule has 0 bridgehead atoms. The molecule has 0 aromatic heterocycles. The zero-order chi connectivity index (χ0) is 20.4. The van der Waals surface area contributed by atoms with Gasteiger partial charge in [-0.25, -0.2) is 0 Å². The summed E-state index contributed by atoms with van der Waals surface area (Å²) in [7, 11) is 2.93. The first kappa shape index (κ1) is 21.1. The summed E-state index contributed by atoms with van der Waals surface area (Å²) < 4.78 is 15.5. The minimum absolute atomic E-state index is 0.173. The number of imide groups is 1. The van der Waals surface area contributed by atoms with Gasteiger partial charge in [0.05, 0.1) is 24.1 Å². The van der Waals surface area contributed by atoms with Crippen molar-refractivity contribution < 1.29 is 28.6 Å². The summed E-state index contributed by atoms with van der Waals surface area (Å²) in [4.78, 5) is 37.6. The van der Waals surface area contributed by atoms with Crippen LogP contribution in [0.3, 0.4) is 0 Å². The number of nitrogens with zero attached hydrogens (tertiary/aromatic N) is 1. The van der Waals surface area contributed by atoms with Crippen LogP contribution >= 0.6 is 23.4 Å². The smallest absolute Gasteiger partial charge is 0.326 e. The Morgan fingerprint density at radius 1 is 1.22 bits per heavy atom. The van der Waals surface area contributed by atoms with Crippen LogP contribution in [-0.4, -0.2) is 48.4 Å². The van der Waals surface area contributed by atoms with Crippen LogP contribution in [0.1, 0.15) is 26.3 Å². The Hall–Kier alpha value is -2.19. The molecule has 1 fully saturated rings. The Labute approximate surface area is 166 Å². The Kier molecular flexibility index (Phi) is 6.43. The molecule has 1 saturated heterocycles. The number of esters is 1. The highest BCUT2D eigenvalue weighted by Crippen LogP contribution is 2.38. The largest absolute Gasteiger partial charge is 0.493 e. The molecule has 0 radical (unpaired) electrons. The van der Waals surface area contributed by atoms with Crippen molar-refractivity contribution in [3.63, 3.8) is 0 Å². The fraction of sp³-hybridized carbons (Fsp3) is 0.389. The van der Waals surface area contributed by atoms with Crippen LogP contribution in [0.2, 0.25) is 5.02 Å². The quantitative estimate of drug-likeness (QED) is 0.537. The van der Waals surface area contributed by atoms with Gasteiger partial charge in [-0.1, -0.05) is 11.6 Å². The lowest BCUT2D eigenvalue weighted by molar-refractivity contribution is -0.156. The summed E-state index contributed by atoms with van der Waals surface area (Å²) >= 11 is 6.90. The normalized spacial score (nSPS) is 16.1. The van der Waals surface area contributed by atoms with E-state index in [0.717, 1.165) is 16.7 Å². The van der Waals surface area contributed by atoms with Gasteiger partial charge in [0, 0.05) is 0 Å². The number of amides is 2. The summed E-state index contributed by atoms with van der Waals surface area (Å²) in [5, 5.41) is -0.236. The van der Waals surface area contributed by atoms with E-state index in [1.807, 2.05) is 0 Å². The number of thioether (sulfide) groups is 1. The number of rotatable bonds is 5. The Balaban J connectivity index is 2.23. The summed E-state index contributed by atoms with van der Waals surface area (Å²) in [6.07, 6.45) is 1.51. The maximum atomic E-state index is 12.5. The first-order valence-corrected chi connectivity index (χ1v) is 9.14. The Morgan fingerprint density at radius 3 is 2.44 bits per heavy atom. The number of ether oxygens (including phenoxy) is 3. The molecule has 2 amide bonds. The second-order valence-electron chi connectivity index (χ2n) is 6.59. The van der Waals surface area contributed by atoms with Crippen LogP contribution in [0, 0.1) is 0 Å². The highest BCUT2D eigenvalue weighted by molar-refractivity contribution is 8.18. The van der Waals surface area contributed by atoms with Crippen molar-refractivity contribution in [2.45, 2.75) is 26.4 Å². The van der Waals surface area contributed by atoms with Crippen molar-refractivity contribution in [1.82, 2.24) is 4.90 Å². The first-order chi connectivity index (χ1) is 12.6. The fourth-order valence-corrected chi connectivity index (χ4v) is 3.45. The monoisotopic (exact) mass is 413 g/mol. The summed E-state index contributed by atoms with van der Waals surface area (Å²) in [5.74, 6) is -0.458. The molecule has 2 rings (SSSR count). The maximum absolute atomic E-state index is 12.5. The van der Waals surface area contributed by atoms with Gasteiger partial charge in [-0.05, 0) is 56.3 Å². The maximum Gasteiger partial charge on any atom is 0.326 e. The lowest BCUT2D eigenvalue weighted by Gasteiger charge is -2.21. The molecule has 1 aromatic rings. The van der Waals surface area contributed by atoms with Crippen molar-refractivity contribution in [2.75, 3.05) is 20.8 Å². The van der Waals surface area contributed by atoms with Gasteiger partial charge < -0.3 is 14.2 Å². The van der Waals surface area contributed by atoms with Gasteiger partial charge in [0.15, 0.2) is 11.5 Å². The molecule has 1 aromatic carbocycles. The zero-order valence-electron chi connectivity index (χ0n) is 15.6. The van der Waals surface area contributed by atoms with Gasteiger partial charge in [0.1, 0.15) is 12.1 Å². The predicted molar refractivity (Wildman–Crippen MR) is 103 cm³/mol. The number of carbonyl (C=O) groups is 3. The molecule has 0 spiro atoms. The van der Waals surface area contributed by atoms with Crippen molar-refractivity contribution in [2.24, 2.45) is 0 Å². The van der Waals surface area contributed by atoms with Gasteiger partial charge >= 0.3 is 5.97 Å². The molecule has 27 heavy (non-hydrogen) atoms. The Morgan fingerprint density at radius 2 is 1.89 bits per heavy atom. The zero-order valence-corrected chi connectivity index (χ0v) is 17.2. The lowest BCUT2D eigenvalue weighted by atomic mass is 10.1. The minimum atomic E-state index is -0.703. The second-order valence-corrected chi connectivity index (χ2v) is 7.99. The summed E-state index contributed by atoms with van der Waals surface area (Å²) in [6, 6.07) is 3.22. The molecule has 0 unspecified atom stereocenters. The summed E-state index contributed by atoms with van der Waals surface area (Å²) in [6.45, 7) is 4.68. The van der Waals surface area contributed by atoms with E-state index in [1.54, 1.807) is 32.9 Å². The number of methoxy groups -OCH3 is 2. The van der Waals surface area contributed by atoms with Crippen LogP contribution in [0.4, 0.5) is 4.79 Å². The number of carbonyl (C=O) groups excluding carboxylic acids is 3. The fourth-order valence-electron chi connectivity index (χ4n) is 2.31. The third kappa shape index (κ3) is 5.17. The van der Waals surface area contributed by atoms with E-state index >= 15 is 0 Å². The van der Waals surface area contributed by atoms with Crippen LogP contribution in [0.5, 0.6) is 11.5 Å². The van der Waals surface area contributed by atoms with Crippen LogP contribution in [0.15, 0.2) is 17.0 Å². The third-order valence-corrected chi connectivity index (χ3v) is 4.52. The van der Waals surface area contributed by atoms with E-state index in [9.17, 15) is 14.4 Å². The second kappa shape index (κ2) is 8.22. The van der Waals surface area contributed by atoms with Crippen molar-refractivity contribution in [3.05, 3.63) is 27.6 Å². The van der Waals surface area contributed by atoms with Gasteiger partial charge in [-0.2, -0.15) is 0 Å². The molecular weight excluding hydrogens is 394 g/mol. The highest BCUT2D eigenvalue weighted by atomic mass is 35.5. The topological polar surface area (TPSA) is 82.1 Å². The highest BCUT2D eigenvalue weighted by Gasteiger charge is 2.37. The van der Waals surface area contributed by atoms with Crippen molar-refractivity contribution in [3.8, 4) is 11.5 Å². The molecule has 146 valence electrons. The Bertz CT molecular complexity index is 815. The van der Waals surface area contributed by atoms with Crippen LogP contribution in [0.25, 0.3) is 6.08 Å². The molecule has 1 aliphatic rings. The van der Waals surface area contributed by atoms with E-state index in [-0.39, 0.29) is 4.91 Å². The first-order valence-electron chi connectivity index (χ1n) is 7.94. The van der Waals surface area contributed by atoms with E-state index in [0.29, 0.717) is 22.1 Å². The number of benzene rings is 1. The molecule has 0 saturated carbocycles. The molecular formula is C18H20ClNO6S. The van der Waals surface area contributed by atoms with E-state index < -0.39 is 29.3 Å². The molecule has 1 aliphatic heterocycles. The van der Waals surface area contributed by atoms with Gasteiger partial charge in [0.25, 0.3) is 11.1 Å². The van der Waals surface area contributed by atoms with E-state index in [1.165, 1.54) is 20.3 Å². The number of halogens is 1. The van der Waals surface area contributed by atoms with Gasteiger partial charge in [-0.3, -0.25) is 19.3 Å². The van der Waals surface area contributed by atoms with Crippen LogP contribution in [-0.2, 0) is 14.3 Å². The van der Waals surface area contributed by atoms with E-state index in [4.69, 9.17) is 25.8 Å². The van der Waals surface area contributed by atoms with Gasteiger partial charge in [0.2, 0.25) is 0 Å². The molecule has 0 atom stereocenters. The third-order valence-electron chi connectivity index (χ3n) is 3.33. The minimum Gasteiger partial charge on any atom is -0.493 e. The molecule has 9 heteroatoms. The molecule has 7 nitrogen and oxygen atoms in total. The SMILES string of the molecule is COc1cc(/C=C2\SC(=O)N(CC(=O)OC(C)(C)C)C2=O)cc(Cl)c1OC. The molecule has 1 heterocycles. The molecule has 0 N–H and O–H groups in total. The average Bonchev–Trinajstić information content (AvgIpc) is 2.80. The van der Waals surface area contributed by atoms with Crippen LogP contribution < -0.4 is 9.47 Å². The number of hydrogen-bond donors (Lipinski definition) is 0. The molecule has 0 aliphatic carbocycles. The van der Waals surface area contributed by atoms with Crippen molar-refractivity contribution >= 4 is 46.6 Å².